The van der Waals surface area contributed by atoms with Gasteiger partial charge in [0.15, 0.2) is 0 Å². The molecule has 0 aromatic carbocycles. The van der Waals surface area contributed by atoms with Crippen LogP contribution in [-0.4, -0.2) is 28.1 Å². The Labute approximate surface area is 128 Å². The van der Waals surface area contributed by atoms with Gasteiger partial charge in [-0.25, -0.2) is 4.98 Å². The summed E-state index contributed by atoms with van der Waals surface area (Å²) >= 11 is 1.35. The molecule has 2 aromatic rings. The Balaban J connectivity index is 2.31. The fourth-order valence-corrected chi connectivity index (χ4v) is 2.28. The van der Waals surface area contributed by atoms with E-state index in [4.69, 9.17) is 0 Å². The van der Waals surface area contributed by atoms with Gasteiger partial charge in [0.1, 0.15) is 10.8 Å². The number of amides is 1. The minimum Gasteiger partial charge on any atom is -0.373 e. The lowest BCUT2D eigenvalue weighted by atomic mass is 9.90. The molecule has 0 aliphatic rings. The van der Waals surface area contributed by atoms with E-state index in [1.807, 2.05) is 13.0 Å². The lowest BCUT2D eigenvalue weighted by Gasteiger charge is -2.19. The van der Waals surface area contributed by atoms with Crippen molar-refractivity contribution in [2.24, 2.45) is 0 Å². The van der Waals surface area contributed by atoms with E-state index in [0.717, 1.165) is 10.7 Å². The summed E-state index contributed by atoms with van der Waals surface area (Å²) in [6.07, 6.45) is 0. The summed E-state index contributed by atoms with van der Waals surface area (Å²) in [5, 5.41) is 14.8. The first-order valence-electron chi connectivity index (χ1n) is 6.61. The average Bonchev–Trinajstić information content (AvgIpc) is 2.82. The molecule has 2 rings (SSSR count). The Hall–Kier alpha value is -2.02. The predicted octanol–water partition coefficient (Wildman–Crippen LogP) is 2.83. The largest absolute Gasteiger partial charge is 0.373 e. The van der Waals surface area contributed by atoms with Crippen molar-refractivity contribution in [2.75, 3.05) is 17.7 Å². The third-order valence-corrected chi connectivity index (χ3v) is 3.61. The van der Waals surface area contributed by atoms with Crippen LogP contribution >= 0.6 is 11.3 Å². The number of aromatic nitrogens is 3. The van der Waals surface area contributed by atoms with Crippen LogP contribution in [0.1, 0.15) is 41.8 Å². The fraction of sp³-hybridized carbons (Fsp3) is 0.429. The second kappa shape index (κ2) is 5.77. The van der Waals surface area contributed by atoms with Crippen LogP contribution in [0.15, 0.2) is 12.1 Å². The number of carbonyl (C=O) groups excluding carboxylic acids is 1. The molecule has 2 N–H and O–H groups in total. The molecule has 21 heavy (non-hydrogen) atoms. The molecule has 0 saturated heterocycles. The van der Waals surface area contributed by atoms with Gasteiger partial charge in [0.25, 0.3) is 5.91 Å². The highest BCUT2D eigenvalue weighted by Crippen LogP contribution is 2.24. The Bertz CT molecular complexity index is 660. The molecule has 0 saturated carbocycles. The maximum atomic E-state index is 12.3. The van der Waals surface area contributed by atoms with Crippen molar-refractivity contribution >= 4 is 28.2 Å². The molecule has 112 valence electrons. The van der Waals surface area contributed by atoms with Crippen LogP contribution in [-0.2, 0) is 5.41 Å². The van der Waals surface area contributed by atoms with Gasteiger partial charge >= 0.3 is 0 Å². The molecular weight excluding hydrogens is 286 g/mol. The van der Waals surface area contributed by atoms with Gasteiger partial charge in [-0.15, -0.1) is 10.2 Å². The Morgan fingerprint density at radius 2 is 1.95 bits per heavy atom. The van der Waals surface area contributed by atoms with Crippen LogP contribution in [0, 0.1) is 6.92 Å². The van der Waals surface area contributed by atoms with E-state index >= 15 is 0 Å². The highest BCUT2D eigenvalue weighted by molar-refractivity contribution is 7.15. The quantitative estimate of drug-likeness (QED) is 0.911. The number of carbonyl (C=O) groups is 1. The van der Waals surface area contributed by atoms with E-state index in [-0.39, 0.29) is 11.3 Å². The molecule has 2 heterocycles. The van der Waals surface area contributed by atoms with E-state index in [2.05, 4.69) is 46.6 Å². The third kappa shape index (κ3) is 3.75. The first-order chi connectivity index (χ1) is 9.79. The molecule has 0 atom stereocenters. The van der Waals surface area contributed by atoms with E-state index in [9.17, 15) is 4.79 Å². The summed E-state index contributed by atoms with van der Waals surface area (Å²) in [5.74, 6) is 0.455. The highest BCUT2D eigenvalue weighted by atomic mass is 32.1. The van der Waals surface area contributed by atoms with Crippen molar-refractivity contribution in [1.82, 2.24) is 15.2 Å². The van der Waals surface area contributed by atoms with Crippen LogP contribution in [0.5, 0.6) is 0 Å². The number of nitrogens with one attached hydrogen (secondary N) is 2. The smallest absolute Gasteiger partial charge is 0.257 e. The number of anilines is 2. The topological polar surface area (TPSA) is 79.8 Å². The van der Waals surface area contributed by atoms with E-state index in [0.29, 0.717) is 16.5 Å². The summed E-state index contributed by atoms with van der Waals surface area (Å²) in [6, 6.07) is 3.53. The van der Waals surface area contributed by atoms with Crippen molar-refractivity contribution < 1.29 is 4.79 Å². The zero-order valence-corrected chi connectivity index (χ0v) is 13.6. The van der Waals surface area contributed by atoms with E-state index < -0.39 is 0 Å². The zero-order valence-electron chi connectivity index (χ0n) is 12.8. The molecule has 1 amide bonds. The molecular formula is C14H19N5OS. The molecule has 0 unspecified atom stereocenters. The average molecular weight is 305 g/mol. The minimum atomic E-state index is -0.212. The predicted molar refractivity (Wildman–Crippen MR) is 85.1 cm³/mol. The normalized spacial score (nSPS) is 11.3. The van der Waals surface area contributed by atoms with Gasteiger partial charge in [0.2, 0.25) is 5.13 Å². The van der Waals surface area contributed by atoms with Crippen LogP contribution in [0.25, 0.3) is 0 Å². The number of nitrogens with zero attached hydrogens (tertiary/aromatic N) is 3. The van der Waals surface area contributed by atoms with Gasteiger partial charge in [-0.2, -0.15) is 0 Å². The molecule has 2 aromatic heterocycles. The summed E-state index contributed by atoms with van der Waals surface area (Å²) in [7, 11) is 1.78. The summed E-state index contributed by atoms with van der Waals surface area (Å²) in [6.45, 7) is 8.02. The maximum Gasteiger partial charge on any atom is 0.257 e. The lowest BCUT2D eigenvalue weighted by Crippen LogP contribution is -2.18. The monoisotopic (exact) mass is 305 g/mol. The molecule has 7 heteroatoms. The Morgan fingerprint density at radius 1 is 1.24 bits per heavy atom. The number of hydrogen-bond donors (Lipinski definition) is 2. The van der Waals surface area contributed by atoms with Crippen molar-refractivity contribution in [1.29, 1.82) is 0 Å². The first kappa shape index (κ1) is 15.4. The minimum absolute atomic E-state index is 0.138. The van der Waals surface area contributed by atoms with Gasteiger partial charge in [-0.3, -0.25) is 10.1 Å². The second-order valence-electron chi connectivity index (χ2n) is 5.71. The molecule has 0 radical (unpaired) electrons. The van der Waals surface area contributed by atoms with Gasteiger partial charge in [0.05, 0.1) is 0 Å². The van der Waals surface area contributed by atoms with Gasteiger partial charge in [0, 0.05) is 23.7 Å². The fourth-order valence-electron chi connectivity index (χ4n) is 1.69. The van der Waals surface area contributed by atoms with E-state index in [1.165, 1.54) is 11.3 Å². The molecule has 0 aliphatic heterocycles. The second-order valence-corrected chi connectivity index (χ2v) is 6.89. The molecule has 0 bridgehead atoms. The van der Waals surface area contributed by atoms with Crippen molar-refractivity contribution in [2.45, 2.75) is 33.1 Å². The van der Waals surface area contributed by atoms with Crippen molar-refractivity contribution in [3.8, 4) is 0 Å². The zero-order chi connectivity index (χ0) is 15.6. The van der Waals surface area contributed by atoms with Gasteiger partial charge < -0.3 is 5.32 Å². The molecule has 0 spiro atoms. The Kier molecular flexibility index (Phi) is 4.22. The number of pyridine rings is 1. The number of aryl methyl sites for hydroxylation is 1. The van der Waals surface area contributed by atoms with Crippen LogP contribution in [0.4, 0.5) is 10.9 Å². The third-order valence-electron chi connectivity index (χ3n) is 2.86. The van der Waals surface area contributed by atoms with E-state index in [1.54, 1.807) is 13.1 Å². The van der Waals surface area contributed by atoms with Crippen molar-refractivity contribution in [3.05, 3.63) is 28.4 Å². The lowest BCUT2D eigenvalue weighted by molar-refractivity contribution is 0.102. The van der Waals surface area contributed by atoms with Crippen molar-refractivity contribution in [3.63, 3.8) is 0 Å². The van der Waals surface area contributed by atoms with Gasteiger partial charge in [-0.05, 0) is 19.1 Å². The SMILES string of the molecule is CNc1cc(C(=O)Nc2nnc(C)s2)cc(C(C)(C)C)n1. The number of rotatable bonds is 3. The summed E-state index contributed by atoms with van der Waals surface area (Å²) < 4.78 is 0. The number of hydrogen-bond acceptors (Lipinski definition) is 6. The van der Waals surface area contributed by atoms with Crippen LogP contribution in [0.2, 0.25) is 0 Å². The highest BCUT2D eigenvalue weighted by Gasteiger charge is 2.19. The molecule has 0 fully saturated rings. The van der Waals surface area contributed by atoms with Crippen LogP contribution in [0.3, 0.4) is 0 Å². The summed E-state index contributed by atoms with van der Waals surface area (Å²) in [5.41, 5.74) is 1.27. The Morgan fingerprint density at radius 3 is 2.48 bits per heavy atom. The molecule has 0 aliphatic carbocycles. The van der Waals surface area contributed by atoms with Crippen LogP contribution < -0.4 is 10.6 Å². The molecule has 6 nitrogen and oxygen atoms in total. The summed E-state index contributed by atoms with van der Waals surface area (Å²) in [4.78, 5) is 16.8. The standard InChI is InChI=1S/C14H19N5OS/c1-8-18-19-13(21-8)17-12(20)9-6-10(14(2,3)4)16-11(7-9)15-5/h6-7H,1-5H3,(H,15,16)(H,17,19,20). The maximum absolute atomic E-state index is 12.3. The first-order valence-corrected chi connectivity index (χ1v) is 7.43. The van der Waals surface area contributed by atoms with Gasteiger partial charge in [-0.1, -0.05) is 32.1 Å².